The Morgan fingerprint density at radius 3 is 1.64 bits per heavy atom. The third-order valence-corrected chi connectivity index (χ3v) is 13.1. The van der Waals surface area contributed by atoms with Gasteiger partial charge in [-0.25, -0.2) is 0 Å². The zero-order valence-electron chi connectivity index (χ0n) is 32.1. The molecule has 0 bridgehead atoms. The molecule has 0 aliphatic rings. The second kappa shape index (κ2) is 13.6. The van der Waals surface area contributed by atoms with Gasteiger partial charge in [0.05, 0.1) is 11.0 Å². The molecule has 0 spiro atoms. The SMILES string of the molecule is c1ccc(-c2ccc3c(c2)c2ccccc2n3-c2cc(-c3ccc(N(c4ccc5ccccc5c4)c4ccc5ccccc5c4)cc3)c3sc4ccccc4c3c2)cc1. The number of aromatic nitrogens is 1. The molecule has 0 N–H and O–H groups in total. The summed E-state index contributed by atoms with van der Waals surface area (Å²) in [5, 5.41) is 9.99. The van der Waals surface area contributed by atoms with Crippen LogP contribution in [0.25, 0.3) is 91.5 Å². The van der Waals surface area contributed by atoms with Crippen LogP contribution in [0.15, 0.2) is 218 Å². The van der Waals surface area contributed by atoms with Gasteiger partial charge in [0.1, 0.15) is 0 Å². The summed E-state index contributed by atoms with van der Waals surface area (Å²) in [7, 11) is 0. The summed E-state index contributed by atoms with van der Waals surface area (Å²) in [6.07, 6.45) is 0. The maximum Gasteiger partial charge on any atom is 0.0541 e. The van der Waals surface area contributed by atoms with Crippen molar-refractivity contribution in [3.8, 4) is 27.9 Å². The zero-order valence-corrected chi connectivity index (χ0v) is 32.9. The van der Waals surface area contributed by atoms with E-state index in [1.807, 2.05) is 11.3 Å². The predicted octanol–water partition coefficient (Wildman–Crippen LogP) is 16.3. The number of anilines is 3. The third-order valence-electron chi connectivity index (χ3n) is 11.9. The van der Waals surface area contributed by atoms with Crippen molar-refractivity contribution in [1.29, 1.82) is 0 Å². The van der Waals surface area contributed by atoms with Crippen LogP contribution in [-0.2, 0) is 0 Å². The lowest BCUT2D eigenvalue weighted by Gasteiger charge is -2.26. The van der Waals surface area contributed by atoms with Crippen LogP contribution in [0.3, 0.4) is 0 Å². The second-order valence-corrected chi connectivity index (χ2v) is 16.4. The van der Waals surface area contributed by atoms with Gasteiger partial charge < -0.3 is 9.47 Å². The van der Waals surface area contributed by atoms with Gasteiger partial charge in [-0.2, -0.15) is 0 Å². The number of rotatable bonds is 6. The fourth-order valence-electron chi connectivity index (χ4n) is 9.09. The normalized spacial score (nSPS) is 11.7. The second-order valence-electron chi connectivity index (χ2n) is 15.4. The number of fused-ring (bicyclic) bond motifs is 8. The predicted molar refractivity (Wildman–Crippen MR) is 254 cm³/mol. The van der Waals surface area contributed by atoms with E-state index in [4.69, 9.17) is 0 Å². The molecule has 0 aliphatic carbocycles. The minimum atomic E-state index is 1.11. The first-order chi connectivity index (χ1) is 29.2. The molecule has 0 saturated heterocycles. The number of benzene rings is 10. The van der Waals surface area contributed by atoms with E-state index >= 15 is 0 Å². The lowest BCUT2D eigenvalue weighted by molar-refractivity contribution is 1.19. The minimum absolute atomic E-state index is 1.11. The molecule has 0 atom stereocenters. The third kappa shape index (κ3) is 5.62. The summed E-state index contributed by atoms with van der Waals surface area (Å²) in [5.41, 5.74) is 11.8. The Hall–Kier alpha value is -7.46. The van der Waals surface area contributed by atoms with Crippen molar-refractivity contribution >= 4 is 91.9 Å². The topological polar surface area (TPSA) is 8.17 Å². The molecule has 10 aromatic carbocycles. The molecule has 2 aromatic heterocycles. The molecule has 59 heavy (non-hydrogen) atoms. The number of para-hydroxylation sites is 1. The molecule has 0 amide bonds. The van der Waals surface area contributed by atoms with Crippen molar-refractivity contribution in [2.75, 3.05) is 4.90 Å². The van der Waals surface area contributed by atoms with Crippen LogP contribution in [0.4, 0.5) is 17.1 Å². The van der Waals surface area contributed by atoms with Crippen LogP contribution in [0.1, 0.15) is 0 Å². The van der Waals surface area contributed by atoms with Crippen LogP contribution in [0.2, 0.25) is 0 Å². The quantitative estimate of drug-likeness (QED) is 0.164. The monoisotopic (exact) mass is 768 g/mol. The first-order valence-electron chi connectivity index (χ1n) is 20.2. The van der Waals surface area contributed by atoms with E-state index in [2.05, 4.69) is 228 Å². The highest BCUT2D eigenvalue weighted by Gasteiger charge is 2.19. The highest BCUT2D eigenvalue weighted by molar-refractivity contribution is 7.26. The lowest BCUT2D eigenvalue weighted by Crippen LogP contribution is -2.09. The Labute approximate surface area is 346 Å². The summed E-state index contributed by atoms with van der Waals surface area (Å²) in [5.74, 6) is 0. The van der Waals surface area contributed by atoms with Crippen molar-refractivity contribution in [1.82, 2.24) is 4.57 Å². The molecule has 0 fully saturated rings. The van der Waals surface area contributed by atoms with Crippen molar-refractivity contribution in [3.63, 3.8) is 0 Å². The van der Waals surface area contributed by atoms with Crippen molar-refractivity contribution < 1.29 is 0 Å². The lowest BCUT2D eigenvalue weighted by atomic mass is 10.0. The van der Waals surface area contributed by atoms with Gasteiger partial charge in [0.25, 0.3) is 0 Å². The average molecular weight is 769 g/mol. The van der Waals surface area contributed by atoms with Crippen LogP contribution >= 0.6 is 11.3 Å². The molecular weight excluding hydrogens is 733 g/mol. The summed E-state index contributed by atoms with van der Waals surface area (Å²) in [4.78, 5) is 2.38. The summed E-state index contributed by atoms with van der Waals surface area (Å²) in [6, 6.07) is 80.0. The van der Waals surface area contributed by atoms with Gasteiger partial charge in [0.2, 0.25) is 0 Å². The first-order valence-corrected chi connectivity index (χ1v) is 21.0. The van der Waals surface area contributed by atoms with Gasteiger partial charge in [-0.3, -0.25) is 0 Å². The number of hydrogen-bond acceptors (Lipinski definition) is 2. The molecular formula is C56H36N2S. The highest BCUT2D eigenvalue weighted by atomic mass is 32.1. The van der Waals surface area contributed by atoms with Gasteiger partial charge in [0.15, 0.2) is 0 Å². The summed E-state index contributed by atoms with van der Waals surface area (Å²) in [6.45, 7) is 0. The molecule has 2 heterocycles. The molecule has 2 nitrogen and oxygen atoms in total. The maximum absolute atomic E-state index is 2.46. The molecule has 0 unspecified atom stereocenters. The smallest absolute Gasteiger partial charge is 0.0541 e. The molecule has 0 aliphatic heterocycles. The molecule has 12 rings (SSSR count). The molecule has 0 saturated carbocycles. The Balaban J connectivity index is 1.04. The van der Waals surface area contributed by atoms with Crippen LogP contribution < -0.4 is 4.90 Å². The highest BCUT2D eigenvalue weighted by Crippen LogP contribution is 2.45. The van der Waals surface area contributed by atoms with E-state index in [1.54, 1.807) is 0 Å². The summed E-state index contributed by atoms with van der Waals surface area (Å²) >= 11 is 1.88. The Bertz CT molecular complexity index is 3480. The van der Waals surface area contributed by atoms with E-state index in [0.29, 0.717) is 0 Å². The minimum Gasteiger partial charge on any atom is -0.310 e. The van der Waals surface area contributed by atoms with Gasteiger partial charge in [-0.1, -0.05) is 146 Å². The van der Waals surface area contributed by atoms with Crippen molar-refractivity contribution in [3.05, 3.63) is 218 Å². The van der Waals surface area contributed by atoms with E-state index in [9.17, 15) is 0 Å². The van der Waals surface area contributed by atoms with Crippen LogP contribution in [-0.4, -0.2) is 4.57 Å². The average Bonchev–Trinajstić information content (AvgIpc) is 3.85. The van der Waals surface area contributed by atoms with E-state index in [1.165, 1.54) is 85.8 Å². The van der Waals surface area contributed by atoms with Gasteiger partial charge >= 0.3 is 0 Å². The number of hydrogen-bond donors (Lipinski definition) is 0. The molecule has 276 valence electrons. The Morgan fingerprint density at radius 2 is 0.915 bits per heavy atom. The number of nitrogens with zero attached hydrogens (tertiary/aromatic N) is 2. The maximum atomic E-state index is 2.46. The Kier molecular flexibility index (Phi) is 7.75. The summed E-state index contributed by atoms with van der Waals surface area (Å²) < 4.78 is 5.06. The fourth-order valence-corrected chi connectivity index (χ4v) is 10.3. The van der Waals surface area contributed by atoms with Crippen molar-refractivity contribution in [2.45, 2.75) is 0 Å². The largest absolute Gasteiger partial charge is 0.310 e. The zero-order chi connectivity index (χ0) is 38.9. The van der Waals surface area contributed by atoms with E-state index in [0.717, 1.165) is 22.7 Å². The fraction of sp³-hybridized carbons (Fsp3) is 0. The number of thiophene rings is 1. The van der Waals surface area contributed by atoms with E-state index < -0.39 is 0 Å². The Morgan fingerprint density at radius 1 is 0.339 bits per heavy atom. The van der Waals surface area contributed by atoms with Gasteiger partial charge in [-0.05, 0) is 111 Å². The van der Waals surface area contributed by atoms with Crippen LogP contribution in [0.5, 0.6) is 0 Å². The van der Waals surface area contributed by atoms with Crippen LogP contribution in [0, 0.1) is 0 Å². The first kappa shape index (κ1) is 33.7. The van der Waals surface area contributed by atoms with E-state index in [-0.39, 0.29) is 0 Å². The molecule has 12 aromatic rings. The van der Waals surface area contributed by atoms with Crippen molar-refractivity contribution in [2.24, 2.45) is 0 Å². The standard InChI is InChI=1S/C56H36N2S/c1-2-12-37(13-3-1)43-26-31-54-51(34-43)48-18-8-10-20-53(48)58(54)47-35-50(56-52(36-47)49-19-9-11-21-55(49)59-56)40-24-27-44(28-25-40)57(45-29-22-38-14-4-6-16-41(38)32-45)46-30-23-39-15-5-7-17-42(39)33-46/h1-36H. The molecule has 3 heteroatoms. The van der Waals surface area contributed by atoms with Gasteiger partial charge in [-0.15, -0.1) is 11.3 Å². The van der Waals surface area contributed by atoms with Gasteiger partial charge in [0, 0.05) is 59.3 Å². The molecule has 0 radical (unpaired) electrons.